The predicted octanol–water partition coefficient (Wildman–Crippen LogP) is 1.85. The molecule has 0 spiro atoms. The second kappa shape index (κ2) is 4.94. The topological polar surface area (TPSA) is 77.0 Å². The monoisotopic (exact) mass is 293 g/mol. The summed E-state index contributed by atoms with van der Waals surface area (Å²) in [5.74, 6) is 0.347. The van der Waals surface area contributed by atoms with Gasteiger partial charge in [0.2, 0.25) is 11.9 Å². The van der Waals surface area contributed by atoms with Crippen molar-refractivity contribution in [2.45, 2.75) is 25.8 Å². The molecule has 3 heterocycles. The van der Waals surface area contributed by atoms with Crippen LogP contribution in [0.3, 0.4) is 0 Å². The fourth-order valence-corrected chi connectivity index (χ4v) is 2.82. The average molecular weight is 294 g/mol. The number of hydrogen-bond acceptors (Lipinski definition) is 4. The van der Waals surface area contributed by atoms with Crippen LogP contribution in [-0.2, 0) is 4.79 Å². The summed E-state index contributed by atoms with van der Waals surface area (Å²) in [7, 11) is 0. The van der Waals surface area contributed by atoms with Crippen LogP contribution in [0.25, 0.3) is 11.2 Å². The van der Waals surface area contributed by atoms with Crippen molar-refractivity contribution in [3.63, 3.8) is 0 Å². The van der Waals surface area contributed by atoms with E-state index in [2.05, 4.69) is 9.97 Å². The zero-order chi connectivity index (χ0) is 14.3. The van der Waals surface area contributed by atoms with Crippen LogP contribution in [0.5, 0.6) is 0 Å². The number of nitrogens with zero attached hydrogens (tertiary/aromatic N) is 4. The Kier molecular flexibility index (Phi) is 3.25. The van der Waals surface area contributed by atoms with E-state index < -0.39 is 6.04 Å². The Balaban J connectivity index is 2.00. The van der Waals surface area contributed by atoms with Crippen LogP contribution in [0.2, 0.25) is 5.02 Å². The molecule has 2 aromatic rings. The van der Waals surface area contributed by atoms with E-state index >= 15 is 0 Å². The third-order valence-corrected chi connectivity index (χ3v) is 3.89. The van der Waals surface area contributed by atoms with Gasteiger partial charge in [0.05, 0.1) is 5.02 Å². The van der Waals surface area contributed by atoms with Crippen molar-refractivity contribution in [1.82, 2.24) is 19.4 Å². The lowest BCUT2D eigenvalue weighted by Gasteiger charge is -2.22. The van der Waals surface area contributed by atoms with Crippen LogP contribution in [0.4, 0.5) is 5.95 Å². The molecule has 7 heteroatoms. The first-order valence-corrected chi connectivity index (χ1v) is 7.03. The van der Waals surface area contributed by atoms with Crippen molar-refractivity contribution in [3.05, 3.63) is 17.3 Å². The molecule has 0 bridgehead atoms. The van der Waals surface area contributed by atoms with Crippen LogP contribution in [0.1, 0.15) is 25.8 Å². The summed E-state index contributed by atoms with van der Waals surface area (Å²) in [4.78, 5) is 22.8. The summed E-state index contributed by atoms with van der Waals surface area (Å²) in [6, 6.07) is 1.29. The van der Waals surface area contributed by atoms with E-state index in [4.69, 9.17) is 17.3 Å². The van der Waals surface area contributed by atoms with E-state index in [1.54, 1.807) is 10.6 Å². The number of hydrogen-bond donors (Lipinski definition) is 1. The molecule has 3 rings (SSSR count). The van der Waals surface area contributed by atoms with E-state index in [1.165, 1.54) is 6.20 Å². The molecule has 1 aliphatic rings. The molecule has 1 amide bonds. The minimum absolute atomic E-state index is 0.0604. The zero-order valence-electron chi connectivity index (χ0n) is 11.2. The Morgan fingerprint density at radius 1 is 1.45 bits per heavy atom. The van der Waals surface area contributed by atoms with Crippen LogP contribution in [0.15, 0.2) is 12.3 Å². The first kappa shape index (κ1) is 13.2. The summed E-state index contributed by atoms with van der Waals surface area (Å²) in [6.07, 6.45) is 3.66. The number of anilines is 1. The summed E-state index contributed by atoms with van der Waals surface area (Å²) in [5.41, 5.74) is 7.14. The summed E-state index contributed by atoms with van der Waals surface area (Å²) in [5, 5.41) is 0.501. The molecule has 2 N–H and O–H groups in total. The van der Waals surface area contributed by atoms with Crippen molar-refractivity contribution in [2.24, 2.45) is 0 Å². The summed E-state index contributed by atoms with van der Waals surface area (Å²) in [6.45, 7) is 3.46. The Labute approximate surface area is 121 Å². The molecule has 0 aromatic carbocycles. The molecule has 2 aromatic heterocycles. The van der Waals surface area contributed by atoms with Crippen LogP contribution in [0, 0.1) is 0 Å². The highest BCUT2D eigenvalue weighted by molar-refractivity contribution is 6.31. The second-order valence-corrected chi connectivity index (χ2v) is 5.48. The lowest BCUT2D eigenvalue weighted by molar-refractivity contribution is -0.133. The summed E-state index contributed by atoms with van der Waals surface area (Å²) < 4.78 is 1.67. The molecule has 1 unspecified atom stereocenters. The van der Waals surface area contributed by atoms with Gasteiger partial charge in [0.15, 0.2) is 5.65 Å². The minimum atomic E-state index is -0.410. The lowest BCUT2D eigenvalue weighted by Crippen LogP contribution is -2.34. The highest BCUT2D eigenvalue weighted by Crippen LogP contribution is 2.25. The van der Waals surface area contributed by atoms with E-state index in [0.29, 0.717) is 16.2 Å². The summed E-state index contributed by atoms with van der Waals surface area (Å²) >= 11 is 5.90. The highest BCUT2D eigenvalue weighted by atomic mass is 35.5. The molecular weight excluding hydrogens is 278 g/mol. The number of nitrogens with two attached hydrogens (primary N) is 1. The van der Waals surface area contributed by atoms with Gasteiger partial charge in [-0.2, -0.15) is 0 Å². The second-order valence-electron chi connectivity index (χ2n) is 5.04. The number of amides is 1. The van der Waals surface area contributed by atoms with E-state index in [0.717, 1.165) is 25.9 Å². The standard InChI is InChI=1S/C13H16ClN5O/c1-8(12(20)18-4-2-3-5-18)19-11-10(17-13(19)15)6-9(14)7-16-11/h6-8H,2-5H2,1H3,(H2,15,17). The quantitative estimate of drug-likeness (QED) is 0.916. The normalized spacial score (nSPS) is 16.8. The number of imidazole rings is 1. The van der Waals surface area contributed by atoms with Gasteiger partial charge in [-0.3, -0.25) is 9.36 Å². The maximum absolute atomic E-state index is 12.5. The molecule has 0 radical (unpaired) electrons. The first-order valence-electron chi connectivity index (χ1n) is 6.65. The fraction of sp³-hybridized carbons (Fsp3) is 0.462. The zero-order valence-corrected chi connectivity index (χ0v) is 12.0. The Hall–Kier alpha value is -1.82. The Morgan fingerprint density at radius 2 is 2.15 bits per heavy atom. The van der Waals surface area contributed by atoms with Crippen molar-refractivity contribution in [3.8, 4) is 0 Å². The SMILES string of the molecule is CC(C(=O)N1CCCC1)n1c(N)nc2cc(Cl)cnc21. The van der Waals surface area contributed by atoms with Gasteiger partial charge in [0.25, 0.3) is 0 Å². The molecule has 1 saturated heterocycles. The molecule has 0 saturated carbocycles. The maximum Gasteiger partial charge on any atom is 0.245 e. The van der Waals surface area contributed by atoms with E-state index in [-0.39, 0.29) is 11.9 Å². The average Bonchev–Trinajstić information content (AvgIpc) is 3.03. The van der Waals surface area contributed by atoms with Crippen molar-refractivity contribution < 1.29 is 4.79 Å². The molecule has 106 valence electrons. The highest BCUT2D eigenvalue weighted by Gasteiger charge is 2.27. The van der Waals surface area contributed by atoms with Gasteiger partial charge in [0.1, 0.15) is 11.6 Å². The molecule has 1 atom stereocenters. The van der Waals surface area contributed by atoms with E-state index in [1.807, 2.05) is 11.8 Å². The molecule has 20 heavy (non-hydrogen) atoms. The van der Waals surface area contributed by atoms with Gasteiger partial charge in [-0.25, -0.2) is 9.97 Å². The minimum Gasteiger partial charge on any atom is -0.369 e. The van der Waals surface area contributed by atoms with Gasteiger partial charge in [-0.05, 0) is 25.8 Å². The molecule has 1 fully saturated rings. The Morgan fingerprint density at radius 3 is 2.85 bits per heavy atom. The van der Waals surface area contributed by atoms with Crippen LogP contribution < -0.4 is 5.73 Å². The molecule has 6 nitrogen and oxygen atoms in total. The molecular formula is C13H16ClN5O. The van der Waals surface area contributed by atoms with Gasteiger partial charge in [-0.1, -0.05) is 11.6 Å². The third-order valence-electron chi connectivity index (χ3n) is 3.69. The van der Waals surface area contributed by atoms with Gasteiger partial charge in [0, 0.05) is 19.3 Å². The predicted molar refractivity (Wildman–Crippen MR) is 77.5 cm³/mol. The number of nitrogen functional groups attached to an aromatic ring is 1. The number of likely N-dealkylation sites (tertiary alicyclic amines) is 1. The van der Waals surface area contributed by atoms with Crippen LogP contribution in [-0.4, -0.2) is 38.4 Å². The Bertz CT molecular complexity index is 662. The van der Waals surface area contributed by atoms with Crippen molar-refractivity contribution >= 4 is 34.6 Å². The van der Waals surface area contributed by atoms with Gasteiger partial charge >= 0.3 is 0 Å². The lowest BCUT2D eigenvalue weighted by atomic mass is 10.3. The number of pyridine rings is 1. The van der Waals surface area contributed by atoms with Crippen molar-refractivity contribution in [1.29, 1.82) is 0 Å². The van der Waals surface area contributed by atoms with Gasteiger partial charge < -0.3 is 10.6 Å². The smallest absolute Gasteiger partial charge is 0.245 e. The largest absolute Gasteiger partial charge is 0.369 e. The maximum atomic E-state index is 12.5. The number of aromatic nitrogens is 3. The van der Waals surface area contributed by atoms with Crippen LogP contribution >= 0.6 is 11.6 Å². The van der Waals surface area contributed by atoms with Crippen molar-refractivity contribution in [2.75, 3.05) is 18.8 Å². The van der Waals surface area contributed by atoms with Gasteiger partial charge in [-0.15, -0.1) is 0 Å². The number of rotatable bonds is 2. The first-order chi connectivity index (χ1) is 9.58. The molecule has 0 aliphatic carbocycles. The number of carbonyl (C=O) groups excluding carboxylic acids is 1. The number of fused-ring (bicyclic) bond motifs is 1. The third kappa shape index (κ3) is 2.10. The number of halogens is 1. The van der Waals surface area contributed by atoms with E-state index in [9.17, 15) is 4.79 Å². The molecule has 1 aliphatic heterocycles. The number of carbonyl (C=O) groups is 1. The fourth-order valence-electron chi connectivity index (χ4n) is 2.67.